The standard InChI is InChI=1S/C14H18N2O5S/c1-9-5-10(7-11(6-9)14(18)19)13(17)16-4-3-12(8-16)15-22(2,20)21/h5-7,12,15H,3-4,8H2,1-2H3,(H,18,19)/t12-/m1/s1. The number of rotatable bonds is 4. The summed E-state index contributed by atoms with van der Waals surface area (Å²) in [5.41, 5.74) is 1.05. The number of sulfonamides is 1. The molecule has 1 heterocycles. The molecule has 2 N–H and O–H groups in total. The van der Waals surface area contributed by atoms with E-state index < -0.39 is 16.0 Å². The predicted octanol–water partition coefficient (Wildman–Crippen LogP) is 0.457. The highest BCUT2D eigenvalue weighted by molar-refractivity contribution is 7.88. The lowest BCUT2D eigenvalue weighted by Gasteiger charge is -2.17. The van der Waals surface area contributed by atoms with Crippen molar-refractivity contribution in [2.75, 3.05) is 19.3 Å². The van der Waals surface area contributed by atoms with E-state index in [0.717, 1.165) is 6.26 Å². The average molecular weight is 326 g/mol. The highest BCUT2D eigenvalue weighted by Crippen LogP contribution is 2.17. The second kappa shape index (κ2) is 6.05. The molecule has 8 heteroatoms. The van der Waals surface area contributed by atoms with Gasteiger partial charge in [0.05, 0.1) is 11.8 Å². The monoisotopic (exact) mass is 326 g/mol. The third-order valence-corrected chi connectivity index (χ3v) is 4.19. The number of nitrogens with zero attached hydrogens (tertiary/aromatic N) is 1. The molecular formula is C14H18N2O5S. The van der Waals surface area contributed by atoms with Gasteiger partial charge in [0.25, 0.3) is 5.91 Å². The Kier molecular flexibility index (Phi) is 4.52. The molecule has 0 radical (unpaired) electrons. The van der Waals surface area contributed by atoms with Gasteiger partial charge in [-0.2, -0.15) is 0 Å². The molecule has 1 aromatic carbocycles. The van der Waals surface area contributed by atoms with Crippen molar-refractivity contribution in [3.8, 4) is 0 Å². The molecule has 1 saturated heterocycles. The highest BCUT2D eigenvalue weighted by Gasteiger charge is 2.29. The number of benzene rings is 1. The number of carbonyl (C=O) groups excluding carboxylic acids is 1. The first-order chi connectivity index (χ1) is 10.2. The Morgan fingerprint density at radius 1 is 1.27 bits per heavy atom. The Labute approximate surface area is 129 Å². The minimum Gasteiger partial charge on any atom is -0.478 e. The first-order valence-electron chi connectivity index (χ1n) is 6.77. The number of aryl methyl sites for hydroxylation is 1. The minimum absolute atomic E-state index is 0.0633. The van der Waals surface area contributed by atoms with Crippen LogP contribution in [0.4, 0.5) is 0 Å². The van der Waals surface area contributed by atoms with E-state index in [9.17, 15) is 18.0 Å². The predicted molar refractivity (Wildman–Crippen MR) is 80.4 cm³/mol. The van der Waals surface area contributed by atoms with Gasteiger partial charge >= 0.3 is 5.97 Å². The van der Waals surface area contributed by atoms with Crippen molar-refractivity contribution in [2.24, 2.45) is 0 Å². The summed E-state index contributed by atoms with van der Waals surface area (Å²) < 4.78 is 24.9. The maximum absolute atomic E-state index is 12.4. The van der Waals surface area contributed by atoms with Gasteiger partial charge in [0.15, 0.2) is 0 Å². The Morgan fingerprint density at radius 3 is 2.50 bits per heavy atom. The molecule has 7 nitrogen and oxygen atoms in total. The van der Waals surface area contributed by atoms with E-state index in [4.69, 9.17) is 5.11 Å². The Hall–Kier alpha value is -1.93. The molecular weight excluding hydrogens is 308 g/mol. The number of carbonyl (C=O) groups is 2. The fourth-order valence-corrected chi connectivity index (χ4v) is 3.35. The van der Waals surface area contributed by atoms with Crippen molar-refractivity contribution in [1.29, 1.82) is 0 Å². The van der Waals surface area contributed by atoms with Gasteiger partial charge in [-0.1, -0.05) is 0 Å². The van der Waals surface area contributed by atoms with Crippen LogP contribution in [0.1, 0.15) is 32.7 Å². The summed E-state index contributed by atoms with van der Waals surface area (Å²) in [6.45, 7) is 2.44. The van der Waals surface area contributed by atoms with Crippen molar-refractivity contribution < 1.29 is 23.1 Å². The Bertz CT molecular complexity index is 714. The molecule has 0 saturated carbocycles. The van der Waals surface area contributed by atoms with E-state index in [-0.39, 0.29) is 24.1 Å². The van der Waals surface area contributed by atoms with Crippen LogP contribution in [0.15, 0.2) is 18.2 Å². The molecule has 1 fully saturated rings. The van der Waals surface area contributed by atoms with Gasteiger partial charge in [0.1, 0.15) is 0 Å². The van der Waals surface area contributed by atoms with Gasteiger partial charge in [-0.05, 0) is 37.1 Å². The quantitative estimate of drug-likeness (QED) is 0.836. The molecule has 2 rings (SSSR count). The van der Waals surface area contributed by atoms with Crippen LogP contribution < -0.4 is 4.72 Å². The smallest absolute Gasteiger partial charge is 0.335 e. The summed E-state index contributed by atoms with van der Waals surface area (Å²) in [5, 5.41) is 9.05. The fraction of sp³-hybridized carbons (Fsp3) is 0.429. The molecule has 0 spiro atoms. The van der Waals surface area contributed by atoms with Gasteiger partial charge in [0, 0.05) is 24.7 Å². The molecule has 0 aliphatic carbocycles. The third kappa shape index (κ3) is 4.05. The van der Waals surface area contributed by atoms with Crippen molar-refractivity contribution in [3.05, 3.63) is 34.9 Å². The third-order valence-electron chi connectivity index (χ3n) is 3.43. The molecule has 1 aromatic rings. The maximum atomic E-state index is 12.4. The zero-order valence-electron chi connectivity index (χ0n) is 12.4. The number of hydrogen-bond donors (Lipinski definition) is 2. The summed E-state index contributed by atoms with van der Waals surface area (Å²) >= 11 is 0. The first-order valence-corrected chi connectivity index (χ1v) is 8.66. The number of carboxylic acid groups (broad SMARTS) is 1. The lowest BCUT2D eigenvalue weighted by molar-refractivity contribution is 0.0696. The first kappa shape index (κ1) is 16.4. The van der Waals surface area contributed by atoms with E-state index >= 15 is 0 Å². The minimum atomic E-state index is -3.31. The summed E-state index contributed by atoms with van der Waals surface area (Å²) in [5.74, 6) is -1.38. The molecule has 22 heavy (non-hydrogen) atoms. The Morgan fingerprint density at radius 2 is 1.91 bits per heavy atom. The molecule has 1 atom stereocenters. The van der Waals surface area contributed by atoms with Crippen molar-refractivity contribution in [1.82, 2.24) is 9.62 Å². The summed E-state index contributed by atoms with van der Waals surface area (Å²) in [6.07, 6.45) is 1.62. The van der Waals surface area contributed by atoms with Crippen LogP contribution in [-0.2, 0) is 10.0 Å². The normalized spacial score (nSPS) is 18.5. The fourth-order valence-electron chi connectivity index (χ4n) is 2.56. The van der Waals surface area contributed by atoms with Gasteiger partial charge in [-0.25, -0.2) is 17.9 Å². The lowest BCUT2D eigenvalue weighted by atomic mass is 10.1. The molecule has 120 valence electrons. The summed E-state index contributed by atoms with van der Waals surface area (Å²) in [6, 6.07) is 4.17. The zero-order valence-corrected chi connectivity index (χ0v) is 13.2. The summed E-state index contributed by atoms with van der Waals surface area (Å²) in [4.78, 5) is 25.0. The Balaban J connectivity index is 2.14. The van der Waals surface area contributed by atoms with Crippen LogP contribution in [0, 0.1) is 6.92 Å². The van der Waals surface area contributed by atoms with Crippen LogP contribution in [0.3, 0.4) is 0 Å². The van der Waals surface area contributed by atoms with E-state index in [1.54, 1.807) is 13.0 Å². The SMILES string of the molecule is Cc1cc(C(=O)O)cc(C(=O)N2CC[C@@H](NS(C)(=O)=O)C2)c1. The number of hydrogen-bond acceptors (Lipinski definition) is 4. The number of likely N-dealkylation sites (tertiary alicyclic amines) is 1. The second-order valence-electron chi connectivity index (χ2n) is 5.52. The average Bonchev–Trinajstić information content (AvgIpc) is 2.83. The van der Waals surface area contributed by atoms with Crippen LogP contribution in [0.2, 0.25) is 0 Å². The van der Waals surface area contributed by atoms with E-state index in [1.165, 1.54) is 17.0 Å². The topological polar surface area (TPSA) is 104 Å². The van der Waals surface area contributed by atoms with Gasteiger partial charge in [-0.3, -0.25) is 4.79 Å². The molecule has 0 bridgehead atoms. The second-order valence-corrected chi connectivity index (χ2v) is 7.30. The van der Waals surface area contributed by atoms with Crippen LogP contribution in [0.25, 0.3) is 0 Å². The number of amides is 1. The zero-order chi connectivity index (χ0) is 16.5. The van der Waals surface area contributed by atoms with E-state index in [0.29, 0.717) is 24.1 Å². The number of carboxylic acids is 1. The van der Waals surface area contributed by atoms with E-state index in [1.807, 2.05) is 0 Å². The number of aromatic carboxylic acids is 1. The largest absolute Gasteiger partial charge is 0.478 e. The van der Waals surface area contributed by atoms with Gasteiger partial charge in [-0.15, -0.1) is 0 Å². The molecule has 0 aromatic heterocycles. The van der Waals surface area contributed by atoms with E-state index in [2.05, 4.69) is 4.72 Å². The molecule has 1 aliphatic rings. The molecule has 1 amide bonds. The summed E-state index contributed by atoms with van der Waals surface area (Å²) in [7, 11) is -3.31. The maximum Gasteiger partial charge on any atom is 0.335 e. The van der Waals surface area contributed by atoms with Gasteiger partial charge < -0.3 is 10.0 Å². The molecule has 0 unspecified atom stereocenters. The van der Waals surface area contributed by atoms with Gasteiger partial charge in [0.2, 0.25) is 10.0 Å². The van der Waals surface area contributed by atoms with Crippen LogP contribution in [-0.4, -0.2) is 55.7 Å². The van der Waals surface area contributed by atoms with Crippen molar-refractivity contribution in [2.45, 2.75) is 19.4 Å². The number of nitrogens with one attached hydrogen (secondary N) is 1. The molecule has 1 aliphatic heterocycles. The lowest BCUT2D eigenvalue weighted by Crippen LogP contribution is -2.37. The van der Waals surface area contributed by atoms with Crippen LogP contribution >= 0.6 is 0 Å². The highest BCUT2D eigenvalue weighted by atomic mass is 32.2. The van der Waals surface area contributed by atoms with Crippen molar-refractivity contribution >= 4 is 21.9 Å². The van der Waals surface area contributed by atoms with Crippen molar-refractivity contribution in [3.63, 3.8) is 0 Å². The van der Waals surface area contributed by atoms with Crippen LogP contribution in [0.5, 0.6) is 0 Å².